The van der Waals surface area contributed by atoms with Crippen molar-refractivity contribution in [2.45, 2.75) is 13.5 Å². The number of benzene rings is 1. The molecule has 0 saturated carbocycles. The molecule has 0 N–H and O–H groups in total. The molecule has 2 rings (SSSR count). The zero-order valence-corrected chi connectivity index (χ0v) is 12.5. The Morgan fingerprint density at radius 2 is 2.21 bits per heavy atom. The first kappa shape index (κ1) is 13.9. The van der Waals surface area contributed by atoms with E-state index in [0.29, 0.717) is 10.1 Å². The molecule has 0 radical (unpaired) electrons. The Hall–Kier alpha value is -1.57. The summed E-state index contributed by atoms with van der Waals surface area (Å²) >= 11 is 1.99. The molecule has 0 amide bonds. The highest BCUT2D eigenvalue weighted by atomic mass is 127. The average Bonchev–Trinajstić information content (AvgIpc) is 2.88. The van der Waals surface area contributed by atoms with Gasteiger partial charge in [-0.15, -0.1) is 0 Å². The molecule has 1 aromatic carbocycles. The van der Waals surface area contributed by atoms with Crippen LogP contribution in [-0.4, -0.2) is 11.5 Å². The SMILES string of the molecule is CCN(Cc1ccco1)c1ccc([N+](=O)[O-])c(I)c1. The number of nitro groups is 1. The van der Waals surface area contributed by atoms with Crippen LogP contribution in [0.3, 0.4) is 0 Å². The molecule has 1 aromatic heterocycles. The molecule has 0 bridgehead atoms. The summed E-state index contributed by atoms with van der Waals surface area (Å²) < 4.78 is 5.96. The number of anilines is 1. The van der Waals surface area contributed by atoms with E-state index in [1.807, 2.05) is 47.7 Å². The van der Waals surface area contributed by atoms with Crippen LogP contribution in [0.2, 0.25) is 0 Å². The Morgan fingerprint density at radius 3 is 2.74 bits per heavy atom. The standard InChI is InChI=1S/C13H13IN2O3/c1-2-15(9-11-4-3-7-19-11)10-5-6-13(16(17)18)12(14)8-10/h3-8H,2,9H2,1H3. The highest BCUT2D eigenvalue weighted by molar-refractivity contribution is 14.1. The largest absolute Gasteiger partial charge is 0.467 e. The van der Waals surface area contributed by atoms with Gasteiger partial charge in [0.2, 0.25) is 0 Å². The van der Waals surface area contributed by atoms with Crippen molar-refractivity contribution in [2.24, 2.45) is 0 Å². The molecule has 2 aromatic rings. The molecule has 100 valence electrons. The van der Waals surface area contributed by atoms with Crippen LogP contribution in [0.15, 0.2) is 41.0 Å². The third kappa shape index (κ3) is 3.25. The summed E-state index contributed by atoms with van der Waals surface area (Å²) in [5, 5.41) is 10.8. The topological polar surface area (TPSA) is 59.5 Å². The highest BCUT2D eigenvalue weighted by Gasteiger charge is 2.14. The second-order valence-corrected chi connectivity index (χ2v) is 5.15. The number of rotatable bonds is 5. The third-order valence-corrected chi connectivity index (χ3v) is 3.67. The second kappa shape index (κ2) is 6.05. The lowest BCUT2D eigenvalue weighted by molar-refractivity contribution is -0.385. The molecule has 6 heteroatoms. The summed E-state index contributed by atoms with van der Waals surface area (Å²) in [7, 11) is 0. The minimum atomic E-state index is -0.367. The van der Waals surface area contributed by atoms with Crippen molar-refractivity contribution in [2.75, 3.05) is 11.4 Å². The van der Waals surface area contributed by atoms with Crippen LogP contribution in [0.4, 0.5) is 11.4 Å². The molecule has 1 heterocycles. The van der Waals surface area contributed by atoms with Crippen LogP contribution in [0.1, 0.15) is 12.7 Å². The fraction of sp³-hybridized carbons (Fsp3) is 0.231. The molecule has 5 nitrogen and oxygen atoms in total. The quantitative estimate of drug-likeness (QED) is 0.455. The molecule has 0 atom stereocenters. The van der Waals surface area contributed by atoms with Crippen molar-refractivity contribution in [3.8, 4) is 0 Å². The molecule has 0 aliphatic rings. The summed E-state index contributed by atoms with van der Waals surface area (Å²) in [5.41, 5.74) is 1.09. The minimum absolute atomic E-state index is 0.137. The number of furan rings is 1. The van der Waals surface area contributed by atoms with Crippen LogP contribution >= 0.6 is 22.6 Å². The molecule has 0 aliphatic carbocycles. The Balaban J connectivity index is 2.23. The highest BCUT2D eigenvalue weighted by Crippen LogP contribution is 2.27. The summed E-state index contributed by atoms with van der Waals surface area (Å²) in [6.45, 7) is 3.49. The maximum absolute atomic E-state index is 10.8. The number of nitro benzene ring substituents is 1. The van der Waals surface area contributed by atoms with Gasteiger partial charge in [0, 0.05) is 18.3 Å². The predicted molar refractivity (Wildman–Crippen MR) is 81.2 cm³/mol. The van der Waals surface area contributed by atoms with Crippen molar-refractivity contribution < 1.29 is 9.34 Å². The summed E-state index contributed by atoms with van der Waals surface area (Å²) in [5.74, 6) is 0.871. The van der Waals surface area contributed by atoms with Gasteiger partial charge in [-0.05, 0) is 53.8 Å². The maximum atomic E-state index is 10.8. The van der Waals surface area contributed by atoms with Gasteiger partial charge in [-0.3, -0.25) is 10.1 Å². The lowest BCUT2D eigenvalue weighted by Gasteiger charge is -2.22. The molecular weight excluding hydrogens is 359 g/mol. The smallest absolute Gasteiger partial charge is 0.282 e. The average molecular weight is 372 g/mol. The Bertz CT molecular complexity index is 569. The monoisotopic (exact) mass is 372 g/mol. The van der Waals surface area contributed by atoms with E-state index < -0.39 is 0 Å². The van der Waals surface area contributed by atoms with Crippen molar-refractivity contribution in [1.29, 1.82) is 0 Å². The molecular formula is C13H13IN2O3. The van der Waals surface area contributed by atoms with E-state index in [1.165, 1.54) is 0 Å². The van der Waals surface area contributed by atoms with E-state index in [0.717, 1.165) is 18.0 Å². The fourth-order valence-electron chi connectivity index (χ4n) is 1.82. The first-order valence-corrected chi connectivity index (χ1v) is 6.91. The first-order valence-electron chi connectivity index (χ1n) is 5.83. The number of hydrogen-bond donors (Lipinski definition) is 0. The number of hydrogen-bond acceptors (Lipinski definition) is 4. The van der Waals surface area contributed by atoms with Crippen molar-refractivity contribution in [1.82, 2.24) is 0 Å². The normalized spacial score (nSPS) is 10.4. The van der Waals surface area contributed by atoms with Gasteiger partial charge in [0.25, 0.3) is 5.69 Å². The van der Waals surface area contributed by atoms with Crippen LogP contribution in [0.5, 0.6) is 0 Å². The van der Waals surface area contributed by atoms with Gasteiger partial charge < -0.3 is 9.32 Å². The molecule has 0 unspecified atom stereocenters. The van der Waals surface area contributed by atoms with Gasteiger partial charge in [0.15, 0.2) is 0 Å². The zero-order valence-electron chi connectivity index (χ0n) is 10.4. The second-order valence-electron chi connectivity index (χ2n) is 3.99. The number of halogens is 1. The molecule has 19 heavy (non-hydrogen) atoms. The minimum Gasteiger partial charge on any atom is -0.467 e. The predicted octanol–water partition coefficient (Wildman–Crippen LogP) is 3.82. The van der Waals surface area contributed by atoms with Crippen LogP contribution in [0, 0.1) is 13.7 Å². The maximum Gasteiger partial charge on any atom is 0.282 e. The Kier molecular flexibility index (Phi) is 4.41. The fourth-order valence-corrected chi connectivity index (χ4v) is 2.51. The molecule has 0 fully saturated rings. The Labute approximate surface area is 124 Å². The van der Waals surface area contributed by atoms with Crippen LogP contribution in [-0.2, 0) is 6.54 Å². The summed E-state index contributed by atoms with van der Waals surface area (Å²) in [4.78, 5) is 12.5. The van der Waals surface area contributed by atoms with Gasteiger partial charge in [-0.1, -0.05) is 0 Å². The van der Waals surface area contributed by atoms with Crippen molar-refractivity contribution in [3.63, 3.8) is 0 Å². The Morgan fingerprint density at radius 1 is 1.42 bits per heavy atom. The molecule has 0 saturated heterocycles. The van der Waals surface area contributed by atoms with Gasteiger partial charge in [-0.25, -0.2) is 0 Å². The van der Waals surface area contributed by atoms with Gasteiger partial charge in [0.1, 0.15) is 5.76 Å². The van der Waals surface area contributed by atoms with E-state index in [1.54, 1.807) is 18.4 Å². The van der Waals surface area contributed by atoms with E-state index in [4.69, 9.17) is 4.42 Å². The van der Waals surface area contributed by atoms with Crippen LogP contribution in [0.25, 0.3) is 0 Å². The first-order chi connectivity index (χ1) is 9.11. The van der Waals surface area contributed by atoms with E-state index in [9.17, 15) is 10.1 Å². The molecule has 0 spiro atoms. The van der Waals surface area contributed by atoms with E-state index in [2.05, 4.69) is 4.90 Å². The van der Waals surface area contributed by atoms with Gasteiger partial charge in [0.05, 0.1) is 21.3 Å². The van der Waals surface area contributed by atoms with Gasteiger partial charge >= 0.3 is 0 Å². The lowest BCUT2D eigenvalue weighted by Crippen LogP contribution is -2.21. The van der Waals surface area contributed by atoms with Gasteiger partial charge in [-0.2, -0.15) is 0 Å². The zero-order chi connectivity index (χ0) is 13.8. The van der Waals surface area contributed by atoms with Crippen molar-refractivity contribution >= 4 is 34.0 Å². The lowest BCUT2D eigenvalue weighted by atomic mass is 10.2. The van der Waals surface area contributed by atoms with Crippen LogP contribution < -0.4 is 4.90 Å². The summed E-state index contributed by atoms with van der Waals surface area (Å²) in [6.07, 6.45) is 1.64. The molecule has 0 aliphatic heterocycles. The third-order valence-electron chi connectivity index (χ3n) is 2.80. The van der Waals surface area contributed by atoms with E-state index in [-0.39, 0.29) is 10.6 Å². The van der Waals surface area contributed by atoms with E-state index >= 15 is 0 Å². The number of nitrogens with zero attached hydrogens (tertiary/aromatic N) is 2. The summed E-state index contributed by atoms with van der Waals surface area (Å²) in [6, 6.07) is 8.90. The van der Waals surface area contributed by atoms with Crippen molar-refractivity contribution in [3.05, 3.63) is 56.0 Å².